The summed E-state index contributed by atoms with van der Waals surface area (Å²) in [6, 6.07) is 0.211. The maximum absolute atomic E-state index is 12.4. The summed E-state index contributed by atoms with van der Waals surface area (Å²) in [5.41, 5.74) is 5.52. The second kappa shape index (κ2) is 4.34. The SMILES string of the molecule is CCC1COCCN1C(=O)C(C)(N)C1CC1. The number of ether oxygens (including phenoxy) is 1. The predicted molar refractivity (Wildman–Crippen MR) is 61.9 cm³/mol. The highest BCUT2D eigenvalue weighted by Crippen LogP contribution is 2.39. The summed E-state index contributed by atoms with van der Waals surface area (Å²) in [6.07, 6.45) is 3.13. The van der Waals surface area contributed by atoms with Gasteiger partial charge in [0.25, 0.3) is 0 Å². The molecule has 2 aliphatic rings. The molecule has 1 heterocycles. The van der Waals surface area contributed by atoms with E-state index in [9.17, 15) is 4.79 Å². The minimum absolute atomic E-state index is 0.116. The van der Waals surface area contributed by atoms with E-state index in [2.05, 4.69) is 6.92 Å². The summed E-state index contributed by atoms with van der Waals surface area (Å²) in [7, 11) is 0. The van der Waals surface area contributed by atoms with Crippen LogP contribution in [-0.4, -0.2) is 42.1 Å². The van der Waals surface area contributed by atoms with E-state index in [0.717, 1.165) is 19.3 Å². The fourth-order valence-electron chi connectivity index (χ4n) is 2.43. The molecule has 1 aliphatic heterocycles. The van der Waals surface area contributed by atoms with E-state index >= 15 is 0 Å². The average molecular weight is 226 g/mol. The molecule has 0 aromatic carbocycles. The monoisotopic (exact) mass is 226 g/mol. The van der Waals surface area contributed by atoms with Gasteiger partial charge in [0, 0.05) is 6.54 Å². The molecule has 0 spiro atoms. The molecular weight excluding hydrogens is 204 g/mol. The molecule has 0 bridgehead atoms. The quantitative estimate of drug-likeness (QED) is 0.772. The van der Waals surface area contributed by atoms with Crippen molar-refractivity contribution < 1.29 is 9.53 Å². The van der Waals surface area contributed by atoms with Gasteiger partial charge >= 0.3 is 0 Å². The van der Waals surface area contributed by atoms with Crippen molar-refractivity contribution in [2.75, 3.05) is 19.8 Å². The van der Waals surface area contributed by atoms with E-state index in [1.165, 1.54) is 0 Å². The molecule has 2 N–H and O–H groups in total. The molecular formula is C12H22N2O2. The zero-order valence-electron chi connectivity index (χ0n) is 10.2. The molecule has 1 saturated heterocycles. The summed E-state index contributed by atoms with van der Waals surface area (Å²) in [5.74, 6) is 0.505. The van der Waals surface area contributed by atoms with Gasteiger partial charge < -0.3 is 15.4 Å². The zero-order chi connectivity index (χ0) is 11.8. The van der Waals surface area contributed by atoms with E-state index in [1.54, 1.807) is 0 Å². The highest BCUT2D eigenvalue weighted by atomic mass is 16.5. The van der Waals surface area contributed by atoms with Crippen LogP contribution >= 0.6 is 0 Å². The van der Waals surface area contributed by atoms with Crippen molar-refractivity contribution in [3.8, 4) is 0 Å². The Kier molecular flexibility index (Phi) is 3.22. The second-order valence-corrected chi connectivity index (χ2v) is 5.19. The zero-order valence-corrected chi connectivity index (χ0v) is 10.2. The Balaban J connectivity index is 2.06. The lowest BCUT2D eigenvalue weighted by Gasteiger charge is -2.39. The lowest BCUT2D eigenvalue weighted by Crippen LogP contribution is -2.60. The maximum Gasteiger partial charge on any atom is 0.243 e. The molecule has 0 radical (unpaired) electrons. The molecule has 4 heteroatoms. The number of carbonyl (C=O) groups is 1. The van der Waals surface area contributed by atoms with Crippen molar-refractivity contribution in [2.45, 2.75) is 44.7 Å². The molecule has 2 rings (SSSR count). The van der Waals surface area contributed by atoms with Gasteiger partial charge in [0.15, 0.2) is 0 Å². The molecule has 2 atom stereocenters. The highest BCUT2D eigenvalue weighted by Gasteiger charge is 2.47. The van der Waals surface area contributed by atoms with Gasteiger partial charge in [-0.2, -0.15) is 0 Å². The van der Waals surface area contributed by atoms with Gasteiger partial charge in [-0.3, -0.25) is 4.79 Å². The van der Waals surface area contributed by atoms with E-state index in [-0.39, 0.29) is 11.9 Å². The Hall–Kier alpha value is -0.610. The largest absolute Gasteiger partial charge is 0.377 e. The number of hydrogen-bond donors (Lipinski definition) is 1. The molecule has 92 valence electrons. The van der Waals surface area contributed by atoms with E-state index < -0.39 is 5.54 Å². The fraction of sp³-hybridized carbons (Fsp3) is 0.917. The van der Waals surface area contributed by atoms with Gasteiger partial charge in [-0.05, 0) is 32.1 Å². The van der Waals surface area contributed by atoms with E-state index in [1.807, 2.05) is 11.8 Å². The Bertz CT molecular complexity index is 274. The number of nitrogens with zero attached hydrogens (tertiary/aromatic N) is 1. The van der Waals surface area contributed by atoms with E-state index in [0.29, 0.717) is 25.7 Å². The van der Waals surface area contributed by atoms with Crippen molar-refractivity contribution >= 4 is 5.91 Å². The Morgan fingerprint density at radius 2 is 2.25 bits per heavy atom. The number of morpholine rings is 1. The smallest absolute Gasteiger partial charge is 0.243 e. The number of amides is 1. The molecule has 4 nitrogen and oxygen atoms in total. The van der Waals surface area contributed by atoms with Crippen LogP contribution in [0.25, 0.3) is 0 Å². The van der Waals surface area contributed by atoms with Crippen molar-refractivity contribution in [1.82, 2.24) is 4.90 Å². The van der Waals surface area contributed by atoms with Crippen LogP contribution in [0, 0.1) is 5.92 Å². The van der Waals surface area contributed by atoms with Crippen molar-refractivity contribution in [3.05, 3.63) is 0 Å². The van der Waals surface area contributed by atoms with Gasteiger partial charge in [-0.1, -0.05) is 6.92 Å². The Labute approximate surface area is 97.1 Å². The third kappa shape index (κ3) is 2.09. The molecule has 0 aromatic rings. The van der Waals surface area contributed by atoms with Crippen molar-refractivity contribution in [3.63, 3.8) is 0 Å². The first-order chi connectivity index (χ1) is 7.57. The van der Waals surface area contributed by atoms with Gasteiger partial charge in [0.2, 0.25) is 5.91 Å². The molecule has 2 unspecified atom stereocenters. The minimum Gasteiger partial charge on any atom is -0.377 e. The van der Waals surface area contributed by atoms with E-state index in [4.69, 9.17) is 10.5 Å². The predicted octanol–water partition coefficient (Wildman–Crippen LogP) is 0.751. The third-order valence-electron chi connectivity index (χ3n) is 3.85. The molecule has 2 fully saturated rings. The lowest BCUT2D eigenvalue weighted by atomic mass is 9.94. The standard InChI is InChI=1S/C12H22N2O2/c1-3-10-8-16-7-6-14(10)11(15)12(2,13)9-4-5-9/h9-10H,3-8,13H2,1-2H3. The number of carbonyl (C=O) groups excluding carboxylic acids is 1. The Morgan fingerprint density at radius 1 is 1.56 bits per heavy atom. The molecule has 1 saturated carbocycles. The molecule has 1 amide bonds. The molecule has 0 aromatic heterocycles. The second-order valence-electron chi connectivity index (χ2n) is 5.19. The number of hydrogen-bond acceptors (Lipinski definition) is 3. The van der Waals surface area contributed by atoms with Crippen LogP contribution in [0.3, 0.4) is 0 Å². The summed E-state index contributed by atoms with van der Waals surface area (Å²) < 4.78 is 5.41. The normalized spacial score (nSPS) is 29.9. The number of nitrogens with two attached hydrogens (primary N) is 1. The van der Waals surface area contributed by atoms with Crippen LogP contribution < -0.4 is 5.73 Å². The van der Waals surface area contributed by atoms with Gasteiger partial charge in [-0.25, -0.2) is 0 Å². The van der Waals surface area contributed by atoms with Crippen molar-refractivity contribution in [2.24, 2.45) is 11.7 Å². The first-order valence-electron chi connectivity index (χ1n) is 6.25. The van der Waals surface area contributed by atoms with Crippen LogP contribution in [0.1, 0.15) is 33.1 Å². The summed E-state index contributed by atoms with van der Waals surface area (Å²) in [6.45, 7) is 5.96. The molecule has 16 heavy (non-hydrogen) atoms. The minimum atomic E-state index is -0.662. The lowest BCUT2D eigenvalue weighted by molar-refractivity contribution is -0.146. The van der Waals surface area contributed by atoms with Gasteiger partial charge in [0.05, 0.1) is 24.8 Å². The van der Waals surface area contributed by atoms with Crippen LogP contribution in [-0.2, 0) is 9.53 Å². The number of rotatable bonds is 3. The molecule has 1 aliphatic carbocycles. The van der Waals surface area contributed by atoms with Gasteiger partial charge in [0.1, 0.15) is 0 Å². The van der Waals surface area contributed by atoms with Crippen LogP contribution in [0.2, 0.25) is 0 Å². The summed E-state index contributed by atoms with van der Waals surface area (Å²) >= 11 is 0. The van der Waals surface area contributed by atoms with Crippen LogP contribution in [0.4, 0.5) is 0 Å². The fourth-order valence-corrected chi connectivity index (χ4v) is 2.43. The first-order valence-corrected chi connectivity index (χ1v) is 6.25. The maximum atomic E-state index is 12.4. The van der Waals surface area contributed by atoms with Crippen LogP contribution in [0.15, 0.2) is 0 Å². The highest BCUT2D eigenvalue weighted by molar-refractivity contribution is 5.86. The summed E-state index contributed by atoms with van der Waals surface area (Å²) in [4.78, 5) is 14.3. The third-order valence-corrected chi connectivity index (χ3v) is 3.85. The topological polar surface area (TPSA) is 55.6 Å². The van der Waals surface area contributed by atoms with Crippen LogP contribution in [0.5, 0.6) is 0 Å². The average Bonchev–Trinajstić information content (AvgIpc) is 3.12. The first kappa shape index (κ1) is 11.9. The summed E-state index contributed by atoms with van der Waals surface area (Å²) in [5, 5.41) is 0. The van der Waals surface area contributed by atoms with Crippen molar-refractivity contribution in [1.29, 1.82) is 0 Å². The van der Waals surface area contributed by atoms with Gasteiger partial charge in [-0.15, -0.1) is 0 Å². The Morgan fingerprint density at radius 3 is 2.81 bits per heavy atom.